The molecule has 3 aromatic rings. The molecule has 2 amide bonds. The Bertz CT molecular complexity index is 1240. The van der Waals surface area contributed by atoms with Gasteiger partial charge in [-0.3, -0.25) is 14.3 Å². The molecule has 1 fully saturated rings. The van der Waals surface area contributed by atoms with Crippen LogP contribution in [0.2, 0.25) is 0 Å². The first-order valence-corrected chi connectivity index (χ1v) is 9.48. The zero-order valence-electron chi connectivity index (χ0n) is 19.8. The molecule has 11 nitrogen and oxygen atoms in total. The Morgan fingerprint density at radius 1 is 1.26 bits per heavy atom. The first kappa shape index (κ1) is 16.7. The van der Waals surface area contributed by atoms with E-state index in [0.29, 0.717) is 17.0 Å². The largest absolute Gasteiger partial charge is 0.494 e. The summed E-state index contributed by atoms with van der Waals surface area (Å²) >= 11 is 0. The van der Waals surface area contributed by atoms with Gasteiger partial charge in [-0.2, -0.15) is 5.10 Å². The molecule has 31 heavy (non-hydrogen) atoms. The van der Waals surface area contributed by atoms with Gasteiger partial charge in [0.25, 0.3) is 5.91 Å². The molecule has 11 heteroatoms. The van der Waals surface area contributed by atoms with Gasteiger partial charge in [0.2, 0.25) is 5.91 Å². The molecule has 0 radical (unpaired) electrons. The highest BCUT2D eigenvalue weighted by molar-refractivity contribution is 6.00. The smallest absolute Gasteiger partial charge is 0.273 e. The van der Waals surface area contributed by atoms with Crippen molar-refractivity contribution in [3.05, 3.63) is 36.3 Å². The first-order valence-electron chi connectivity index (χ1n) is 11.0. The molecule has 1 aliphatic rings. The average molecular weight is 425 g/mol. The zero-order chi connectivity index (χ0) is 24.5. The summed E-state index contributed by atoms with van der Waals surface area (Å²) in [5, 5.41) is 20.3. The molecule has 3 N–H and O–H groups in total. The molecular formula is C20H22N8O3. The third kappa shape index (κ3) is 4.29. The lowest BCUT2D eigenvalue weighted by Crippen LogP contribution is -2.22. The summed E-state index contributed by atoms with van der Waals surface area (Å²) in [4.78, 5) is 28.6. The zero-order valence-corrected chi connectivity index (χ0v) is 16.8. The van der Waals surface area contributed by atoms with Crippen LogP contribution >= 0.6 is 0 Å². The molecule has 4 rings (SSSR count). The molecule has 1 aliphatic carbocycles. The second-order valence-corrected chi connectivity index (χ2v) is 6.86. The van der Waals surface area contributed by atoms with Crippen molar-refractivity contribution in [3.63, 3.8) is 0 Å². The van der Waals surface area contributed by atoms with E-state index in [1.54, 1.807) is 18.2 Å². The van der Waals surface area contributed by atoms with E-state index in [1.807, 2.05) is 0 Å². The van der Waals surface area contributed by atoms with E-state index in [0.717, 1.165) is 23.9 Å². The lowest BCUT2D eigenvalue weighted by atomic mass is 10.1. The fraction of sp³-hybridized carbons (Fsp3) is 0.300. The number of nitrogens with zero attached hydrogens (tertiary/aromatic N) is 5. The van der Waals surface area contributed by atoms with E-state index in [9.17, 15) is 9.59 Å². The Kier molecular flexibility index (Phi) is 4.53. The highest BCUT2D eigenvalue weighted by Crippen LogP contribution is 2.37. The van der Waals surface area contributed by atoms with Crippen molar-refractivity contribution in [3.8, 4) is 17.1 Å². The van der Waals surface area contributed by atoms with Gasteiger partial charge in [0, 0.05) is 30.1 Å². The van der Waals surface area contributed by atoms with Gasteiger partial charge in [0.1, 0.15) is 6.33 Å². The van der Waals surface area contributed by atoms with Gasteiger partial charge >= 0.3 is 0 Å². The lowest BCUT2D eigenvalue weighted by molar-refractivity contribution is -0.117. The molecule has 0 aliphatic heterocycles. The van der Waals surface area contributed by atoms with Crippen LogP contribution in [-0.2, 0) is 11.8 Å². The predicted octanol–water partition coefficient (Wildman–Crippen LogP) is 1.73. The average Bonchev–Trinajstić information content (AvgIpc) is 3.54. The van der Waals surface area contributed by atoms with E-state index in [-0.39, 0.29) is 34.8 Å². The molecule has 1 aromatic carbocycles. The number of rotatable bonds is 7. The molecule has 0 unspecified atom stereocenters. The van der Waals surface area contributed by atoms with E-state index >= 15 is 0 Å². The van der Waals surface area contributed by atoms with Gasteiger partial charge in [-0.25, -0.2) is 4.98 Å². The van der Waals surface area contributed by atoms with Crippen LogP contribution in [0.25, 0.3) is 11.4 Å². The molecule has 0 spiro atoms. The summed E-state index contributed by atoms with van der Waals surface area (Å²) < 4.78 is 28.8. The van der Waals surface area contributed by atoms with Crippen molar-refractivity contribution in [1.29, 1.82) is 0 Å². The molecule has 0 bridgehead atoms. The minimum atomic E-state index is -2.47. The van der Waals surface area contributed by atoms with Crippen molar-refractivity contribution in [2.45, 2.75) is 12.8 Å². The predicted molar refractivity (Wildman–Crippen MR) is 113 cm³/mol. The monoisotopic (exact) mass is 425 g/mol. The van der Waals surface area contributed by atoms with Gasteiger partial charge in [-0.05, 0) is 25.0 Å². The van der Waals surface area contributed by atoms with Crippen molar-refractivity contribution >= 4 is 29.0 Å². The van der Waals surface area contributed by atoms with Crippen LogP contribution in [0.3, 0.4) is 0 Å². The number of carbonyl (C=O) groups is 2. The molecule has 1 saturated carbocycles. The Morgan fingerprint density at radius 3 is 2.77 bits per heavy atom. The first-order chi connectivity index (χ1) is 16.2. The summed E-state index contributed by atoms with van der Waals surface area (Å²) in [5.74, 6) is -0.00907. The molecular weight excluding hydrogens is 400 g/mol. The fourth-order valence-electron chi connectivity index (χ4n) is 2.97. The Morgan fingerprint density at radius 2 is 2.10 bits per heavy atom. The second-order valence-electron chi connectivity index (χ2n) is 6.86. The van der Waals surface area contributed by atoms with Crippen molar-refractivity contribution in [2.24, 2.45) is 12.9 Å². The van der Waals surface area contributed by atoms with E-state index in [4.69, 9.17) is 8.85 Å². The van der Waals surface area contributed by atoms with E-state index in [1.165, 1.54) is 20.2 Å². The quantitative estimate of drug-likeness (QED) is 0.521. The van der Waals surface area contributed by atoms with Crippen LogP contribution in [0.4, 0.5) is 17.2 Å². The summed E-state index contributed by atoms with van der Waals surface area (Å²) in [6.07, 6.45) is 2.78. The number of para-hydroxylation sites is 1. The van der Waals surface area contributed by atoms with Gasteiger partial charge in [0.15, 0.2) is 23.1 Å². The Balaban J connectivity index is 1.71. The second kappa shape index (κ2) is 8.38. The standard InChI is InChI=1S/C20H22N8O3/c1-21-20(30)16-14(9-15(25-26-16)24-19(29)11-7-8-11)23-13-6-4-5-12(17(13)31-3)18-22-10-28(2)27-18/h4-6,9-11H,7-8H2,1-3H3,(H,21,30)(H2,23,24,25,29)/i2D3. The third-order valence-corrected chi connectivity index (χ3v) is 4.66. The maximum atomic E-state index is 12.4. The third-order valence-electron chi connectivity index (χ3n) is 4.66. The highest BCUT2D eigenvalue weighted by Gasteiger charge is 2.30. The van der Waals surface area contributed by atoms with Crippen LogP contribution in [0.5, 0.6) is 5.75 Å². The SMILES string of the molecule is [2H]C([2H])([2H])n1cnc(-c2cccc(Nc3cc(NC(=O)C4CC4)nnc3C(=O)NC)c2OC)n1. The van der Waals surface area contributed by atoms with E-state index < -0.39 is 12.9 Å². The molecule has 2 aromatic heterocycles. The molecule has 160 valence electrons. The number of benzene rings is 1. The summed E-state index contributed by atoms with van der Waals surface area (Å²) in [7, 11) is 2.90. The number of anilines is 3. The summed E-state index contributed by atoms with van der Waals surface area (Å²) in [6.45, 7) is -2.47. The highest BCUT2D eigenvalue weighted by atomic mass is 16.5. The number of ether oxygens (including phenoxy) is 1. The number of methoxy groups -OCH3 is 1. The van der Waals surface area contributed by atoms with Gasteiger partial charge < -0.3 is 20.7 Å². The maximum absolute atomic E-state index is 12.4. The van der Waals surface area contributed by atoms with Crippen molar-refractivity contribution in [2.75, 3.05) is 24.8 Å². The van der Waals surface area contributed by atoms with Gasteiger partial charge in [0.05, 0.1) is 24.0 Å². The lowest BCUT2D eigenvalue weighted by Gasteiger charge is -2.16. The number of nitrogens with one attached hydrogen (secondary N) is 3. The number of aromatic nitrogens is 5. The van der Waals surface area contributed by atoms with Crippen LogP contribution in [0.15, 0.2) is 30.6 Å². The number of hydrogen-bond donors (Lipinski definition) is 3. The van der Waals surface area contributed by atoms with Crippen LogP contribution in [0.1, 0.15) is 27.4 Å². The van der Waals surface area contributed by atoms with Gasteiger partial charge in [-0.15, -0.1) is 10.2 Å². The van der Waals surface area contributed by atoms with Crippen LogP contribution in [-0.4, -0.2) is 50.9 Å². The maximum Gasteiger partial charge on any atom is 0.273 e. The number of hydrogen-bond acceptors (Lipinski definition) is 8. The van der Waals surface area contributed by atoms with Crippen molar-refractivity contribution < 1.29 is 18.4 Å². The Labute approximate surface area is 182 Å². The fourth-order valence-corrected chi connectivity index (χ4v) is 2.97. The number of aryl methyl sites for hydroxylation is 1. The Hall–Kier alpha value is -4.02. The normalized spacial score (nSPS) is 14.7. The van der Waals surface area contributed by atoms with E-state index in [2.05, 4.69) is 36.2 Å². The van der Waals surface area contributed by atoms with Crippen LogP contribution in [0, 0.1) is 5.92 Å². The van der Waals surface area contributed by atoms with Crippen molar-refractivity contribution in [1.82, 2.24) is 30.3 Å². The topological polar surface area (TPSA) is 136 Å². The van der Waals surface area contributed by atoms with Gasteiger partial charge in [-0.1, -0.05) is 6.07 Å². The molecule has 2 heterocycles. The molecule has 0 atom stereocenters. The minimum absolute atomic E-state index is 0.00387. The molecule has 0 saturated heterocycles. The summed E-state index contributed by atoms with van der Waals surface area (Å²) in [5.41, 5.74) is 1.14. The minimum Gasteiger partial charge on any atom is -0.494 e. The summed E-state index contributed by atoms with van der Waals surface area (Å²) in [6, 6.07) is 6.57. The van der Waals surface area contributed by atoms with Crippen LogP contribution < -0.4 is 20.7 Å². The number of carbonyl (C=O) groups excluding carboxylic acids is 2. The number of amides is 2.